The van der Waals surface area contributed by atoms with E-state index in [2.05, 4.69) is 33.3 Å². The number of aryl methyl sites for hydroxylation is 1. The van der Waals surface area contributed by atoms with Gasteiger partial charge >= 0.3 is 12.3 Å². The van der Waals surface area contributed by atoms with E-state index in [9.17, 15) is 23.1 Å². The van der Waals surface area contributed by atoms with E-state index in [1.807, 2.05) is 0 Å². The second kappa shape index (κ2) is 7.55. The molecular formula is C20H15BrF3N2O3. The third-order valence-corrected chi connectivity index (χ3v) is 4.94. The Hall–Kier alpha value is -2.81. The molecule has 9 heteroatoms. The summed E-state index contributed by atoms with van der Waals surface area (Å²) in [6.45, 7) is 5.37. The van der Waals surface area contributed by atoms with Gasteiger partial charge in [-0.3, -0.25) is 0 Å². The molecular weight excluding hydrogens is 453 g/mol. The van der Waals surface area contributed by atoms with Crippen molar-refractivity contribution >= 4 is 22.0 Å². The van der Waals surface area contributed by atoms with Gasteiger partial charge in [-0.2, -0.15) is 13.2 Å². The summed E-state index contributed by atoms with van der Waals surface area (Å²) < 4.78 is 47.2. The van der Waals surface area contributed by atoms with E-state index < -0.39 is 23.4 Å². The minimum atomic E-state index is -4.72. The van der Waals surface area contributed by atoms with Crippen LogP contribution in [0.5, 0.6) is 0 Å². The lowest BCUT2D eigenvalue weighted by atomic mass is 9.80. The summed E-state index contributed by atoms with van der Waals surface area (Å²) >= 11 is 3.31. The highest BCUT2D eigenvalue weighted by Gasteiger charge is 2.44. The molecule has 0 fully saturated rings. The number of benzene rings is 2. The van der Waals surface area contributed by atoms with Crippen LogP contribution in [0.25, 0.3) is 11.3 Å². The van der Waals surface area contributed by atoms with Crippen molar-refractivity contribution in [1.29, 1.82) is 0 Å². The number of rotatable bonds is 4. The summed E-state index contributed by atoms with van der Waals surface area (Å²) in [5.74, 6) is 0.121. The average Bonchev–Trinajstić information content (AvgIpc) is 3.03. The van der Waals surface area contributed by atoms with Gasteiger partial charge in [-0.25, -0.2) is 4.79 Å². The zero-order chi connectivity index (χ0) is 21.4. The van der Waals surface area contributed by atoms with Crippen LogP contribution in [0.4, 0.5) is 18.0 Å². The number of aromatic nitrogens is 1. The van der Waals surface area contributed by atoms with Crippen LogP contribution < -0.4 is 5.32 Å². The summed E-state index contributed by atoms with van der Waals surface area (Å²) in [5, 5.41) is 15.4. The molecule has 1 atom stereocenters. The first-order chi connectivity index (χ1) is 13.5. The van der Waals surface area contributed by atoms with Gasteiger partial charge in [0.25, 0.3) is 0 Å². The summed E-state index contributed by atoms with van der Waals surface area (Å²) in [6, 6.07) is 11.4. The van der Waals surface area contributed by atoms with Crippen molar-refractivity contribution in [3.05, 3.63) is 82.3 Å². The molecule has 0 aliphatic carbocycles. The summed E-state index contributed by atoms with van der Waals surface area (Å²) in [6.07, 6.45) is -6.26. The number of carbonyl (C=O) groups is 1. The maximum absolute atomic E-state index is 13.7. The lowest BCUT2D eigenvalue weighted by molar-refractivity contribution is -0.138. The SMILES string of the molecule is [CH2]C(NC(=O)O)(c1ccccc1C(F)(F)F)c1c(C)noc1-c1ccc(Br)cc1. The van der Waals surface area contributed by atoms with Crippen LogP contribution in [-0.2, 0) is 11.7 Å². The van der Waals surface area contributed by atoms with Crippen LogP contribution in [0.1, 0.15) is 22.4 Å². The van der Waals surface area contributed by atoms with E-state index in [-0.39, 0.29) is 22.6 Å². The molecule has 1 heterocycles. The number of nitrogens with one attached hydrogen (secondary N) is 1. The van der Waals surface area contributed by atoms with Gasteiger partial charge in [-0.15, -0.1) is 0 Å². The molecule has 1 amide bonds. The van der Waals surface area contributed by atoms with Gasteiger partial charge in [0.15, 0.2) is 5.76 Å². The van der Waals surface area contributed by atoms with E-state index in [0.717, 1.165) is 10.5 Å². The predicted molar refractivity (Wildman–Crippen MR) is 103 cm³/mol. The zero-order valence-electron chi connectivity index (χ0n) is 15.0. The number of halogens is 4. The van der Waals surface area contributed by atoms with E-state index in [1.54, 1.807) is 24.3 Å². The van der Waals surface area contributed by atoms with Gasteiger partial charge in [0, 0.05) is 10.0 Å². The number of hydrogen-bond acceptors (Lipinski definition) is 3. The largest absolute Gasteiger partial charge is 0.465 e. The summed E-state index contributed by atoms with van der Waals surface area (Å²) in [4.78, 5) is 11.6. The first-order valence-corrected chi connectivity index (χ1v) is 9.09. The molecule has 29 heavy (non-hydrogen) atoms. The highest BCUT2D eigenvalue weighted by molar-refractivity contribution is 9.10. The van der Waals surface area contributed by atoms with Gasteiger partial charge in [-0.1, -0.05) is 51.4 Å². The number of amides is 1. The molecule has 151 valence electrons. The van der Waals surface area contributed by atoms with Crippen LogP contribution in [-0.4, -0.2) is 16.4 Å². The first kappa shape index (κ1) is 20.9. The van der Waals surface area contributed by atoms with Crippen LogP contribution in [0, 0.1) is 13.8 Å². The Morgan fingerprint density at radius 3 is 2.28 bits per heavy atom. The van der Waals surface area contributed by atoms with Gasteiger partial charge in [-0.05, 0) is 37.6 Å². The molecule has 2 aromatic carbocycles. The molecule has 0 saturated carbocycles. The van der Waals surface area contributed by atoms with Crippen molar-refractivity contribution in [2.75, 3.05) is 0 Å². The van der Waals surface area contributed by atoms with Crippen molar-refractivity contribution in [2.24, 2.45) is 0 Å². The lowest BCUT2D eigenvalue weighted by Gasteiger charge is -2.32. The lowest BCUT2D eigenvalue weighted by Crippen LogP contribution is -2.45. The Kier molecular flexibility index (Phi) is 5.44. The molecule has 1 unspecified atom stereocenters. The Morgan fingerprint density at radius 1 is 1.14 bits per heavy atom. The Labute approximate surface area is 172 Å². The van der Waals surface area contributed by atoms with E-state index in [1.165, 1.54) is 25.1 Å². The smallest absolute Gasteiger partial charge is 0.416 e. The molecule has 1 radical (unpaired) electrons. The molecule has 0 bridgehead atoms. The van der Waals surface area contributed by atoms with Gasteiger partial charge in [0.1, 0.15) is 5.54 Å². The molecule has 0 saturated heterocycles. The normalized spacial score (nSPS) is 13.7. The van der Waals surface area contributed by atoms with Crippen molar-refractivity contribution in [1.82, 2.24) is 10.5 Å². The van der Waals surface area contributed by atoms with Gasteiger partial charge in [0.05, 0.1) is 16.8 Å². The third kappa shape index (κ3) is 4.00. The van der Waals surface area contributed by atoms with E-state index >= 15 is 0 Å². The molecule has 0 aliphatic heterocycles. The maximum atomic E-state index is 13.7. The fraction of sp³-hybridized carbons (Fsp3) is 0.150. The van der Waals surface area contributed by atoms with E-state index in [4.69, 9.17) is 4.52 Å². The maximum Gasteiger partial charge on any atom is 0.416 e. The van der Waals surface area contributed by atoms with Gasteiger partial charge in [0.2, 0.25) is 0 Å². The number of alkyl halides is 3. The van der Waals surface area contributed by atoms with Crippen molar-refractivity contribution in [2.45, 2.75) is 18.6 Å². The van der Waals surface area contributed by atoms with Crippen molar-refractivity contribution in [3.63, 3.8) is 0 Å². The molecule has 5 nitrogen and oxygen atoms in total. The third-order valence-electron chi connectivity index (χ3n) is 4.41. The minimum Gasteiger partial charge on any atom is -0.465 e. The highest BCUT2D eigenvalue weighted by Crippen LogP contribution is 2.43. The number of carboxylic acid groups (broad SMARTS) is 1. The van der Waals surface area contributed by atoms with Crippen LogP contribution in [0.2, 0.25) is 0 Å². The first-order valence-electron chi connectivity index (χ1n) is 8.30. The van der Waals surface area contributed by atoms with Crippen LogP contribution >= 0.6 is 15.9 Å². The van der Waals surface area contributed by atoms with Crippen LogP contribution in [0.15, 0.2) is 57.5 Å². The molecule has 2 N–H and O–H groups in total. The van der Waals surface area contributed by atoms with Crippen LogP contribution in [0.3, 0.4) is 0 Å². The molecule has 1 aromatic heterocycles. The van der Waals surface area contributed by atoms with Crippen molar-refractivity contribution < 1.29 is 27.6 Å². The average molecular weight is 468 g/mol. The van der Waals surface area contributed by atoms with Gasteiger partial charge < -0.3 is 14.9 Å². The minimum absolute atomic E-state index is 0.0962. The Morgan fingerprint density at radius 2 is 1.72 bits per heavy atom. The molecule has 0 spiro atoms. The monoisotopic (exact) mass is 467 g/mol. The fourth-order valence-corrected chi connectivity index (χ4v) is 3.48. The molecule has 3 aromatic rings. The highest BCUT2D eigenvalue weighted by atomic mass is 79.9. The molecule has 3 rings (SSSR count). The summed E-state index contributed by atoms with van der Waals surface area (Å²) in [7, 11) is 0. The van der Waals surface area contributed by atoms with Crippen molar-refractivity contribution in [3.8, 4) is 11.3 Å². The van der Waals surface area contributed by atoms with E-state index in [0.29, 0.717) is 5.56 Å². The second-order valence-electron chi connectivity index (χ2n) is 6.36. The Bertz CT molecular complexity index is 1050. The Balaban J connectivity index is 2.32. The fourth-order valence-electron chi connectivity index (χ4n) is 3.22. The second-order valence-corrected chi connectivity index (χ2v) is 7.27. The predicted octanol–water partition coefficient (Wildman–Crippen LogP) is 5.78. The quantitative estimate of drug-likeness (QED) is 0.510. The standard InChI is InChI=1S/C20H15BrF3N2O3/c1-11-16(17(29-26-11)12-7-9-13(21)10-8-12)19(2,25-18(27)28)14-5-3-4-6-15(14)20(22,23)24/h3-10,25H,2H2,1H3,(H,27,28). The number of nitrogens with zero attached hydrogens (tertiary/aromatic N) is 1. The molecule has 0 aliphatic rings. The number of hydrogen-bond donors (Lipinski definition) is 2. The zero-order valence-corrected chi connectivity index (χ0v) is 16.6. The topological polar surface area (TPSA) is 75.4 Å². The summed E-state index contributed by atoms with van der Waals surface area (Å²) in [5.41, 5.74) is -2.58.